The van der Waals surface area contributed by atoms with Crippen LogP contribution in [0.2, 0.25) is 0 Å². The molecule has 2 aliphatic rings. The lowest BCUT2D eigenvalue weighted by Gasteiger charge is -2.45. The zero-order chi connectivity index (χ0) is 17.3. The van der Waals surface area contributed by atoms with Gasteiger partial charge in [0, 0.05) is 28.7 Å². The van der Waals surface area contributed by atoms with E-state index < -0.39 is 5.54 Å². The first-order chi connectivity index (χ1) is 11.5. The number of allylic oxidation sites excluding steroid dienone is 1. The molecule has 0 unspecified atom stereocenters. The Labute approximate surface area is 145 Å². The van der Waals surface area contributed by atoms with Gasteiger partial charge in [0.25, 0.3) is 0 Å². The zero-order valence-corrected chi connectivity index (χ0v) is 14.2. The lowest BCUT2D eigenvalue weighted by atomic mass is 9.81. The zero-order valence-electron chi connectivity index (χ0n) is 13.4. The van der Waals surface area contributed by atoms with Crippen LogP contribution in [0.5, 0.6) is 0 Å². The van der Waals surface area contributed by atoms with Crippen LogP contribution in [0.3, 0.4) is 0 Å². The van der Waals surface area contributed by atoms with E-state index in [1.165, 1.54) is 0 Å². The van der Waals surface area contributed by atoms with Gasteiger partial charge in [-0.25, -0.2) is 0 Å². The number of para-hydroxylation sites is 1. The third-order valence-electron chi connectivity index (χ3n) is 4.61. The Morgan fingerprint density at radius 1 is 1.42 bits per heavy atom. The maximum absolute atomic E-state index is 10.1. The van der Waals surface area contributed by atoms with Crippen molar-refractivity contribution in [1.82, 2.24) is 0 Å². The Balaban J connectivity index is 2.17. The number of thioether (sulfide) groups is 1. The van der Waals surface area contributed by atoms with E-state index in [1.807, 2.05) is 42.2 Å². The summed E-state index contributed by atoms with van der Waals surface area (Å²) in [7, 11) is 0. The molecule has 0 aromatic heterocycles. The minimum Gasteiger partial charge on any atom is -0.512 e. The molecular formula is C18H19N3O2S. The van der Waals surface area contributed by atoms with E-state index >= 15 is 0 Å². The molecule has 0 radical (unpaired) electrons. The summed E-state index contributed by atoms with van der Waals surface area (Å²) in [6, 6.07) is 11.7. The van der Waals surface area contributed by atoms with Crippen LogP contribution >= 0.6 is 11.8 Å². The number of fused-ring (bicyclic) bond motifs is 1. The summed E-state index contributed by atoms with van der Waals surface area (Å²) in [5.41, 5.74) is 1.20. The first-order valence-electron chi connectivity index (χ1n) is 7.75. The average Bonchev–Trinajstić information content (AvgIpc) is 2.80. The number of nitrogens with zero attached hydrogens (tertiary/aromatic N) is 2. The van der Waals surface area contributed by atoms with E-state index in [-0.39, 0.29) is 23.5 Å². The second-order valence-corrected chi connectivity index (χ2v) is 7.30. The average molecular weight is 341 g/mol. The molecule has 1 aromatic rings. The van der Waals surface area contributed by atoms with Gasteiger partial charge in [-0.2, -0.15) is 17.0 Å². The maximum atomic E-state index is 10.1. The van der Waals surface area contributed by atoms with Crippen molar-refractivity contribution in [1.29, 1.82) is 10.7 Å². The topological polar surface area (TPSA) is 91.3 Å². The predicted molar refractivity (Wildman–Crippen MR) is 96.4 cm³/mol. The third kappa shape index (κ3) is 2.41. The molecule has 1 aliphatic heterocycles. The van der Waals surface area contributed by atoms with E-state index in [4.69, 9.17) is 5.41 Å². The van der Waals surface area contributed by atoms with Crippen LogP contribution in [0.25, 0.3) is 0 Å². The first kappa shape index (κ1) is 16.6. The van der Waals surface area contributed by atoms with Crippen molar-refractivity contribution in [2.75, 3.05) is 17.3 Å². The molecule has 1 heterocycles. The number of benzene rings is 1. The van der Waals surface area contributed by atoms with Gasteiger partial charge in [0.15, 0.2) is 0 Å². The summed E-state index contributed by atoms with van der Waals surface area (Å²) < 4.78 is 0. The van der Waals surface area contributed by atoms with Crippen LogP contribution in [0.15, 0.2) is 53.3 Å². The van der Waals surface area contributed by atoms with Crippen LogP contribution in [-0.2, 0) is 0 Å². The molecule has 0 spiro atoms. The monoisotopic (exact) mass is 341 g/mol. The summed E-state index contributed by atoms with van der Waals surface area (Å²) in [5.74, 6) is 0.911. The van der Waals surface area contributed by atoms with Crippen molar-refractivity contribution in [3.8, 4) is 6.07 Å². The van der Waals surface area contributed by atoms with Crippen molar-refractivity contribution in [2.24, 2.45) is 0 Å². The number of aliphatic hydroxyl groups is 2. The van der Waals surface area contributed by atoms with Gasteiger partial charge in [0.2, 0.25) is 0 Å². The largest absolute Gasteiger partial charge is 0.512 e. The fourth-order valence-corrected chi connectivity index (χ4v) is 4.73. The smallest absolute Gasteiger partial charge is 0.144 e. The Morgan fingerprint density at radius 3 is 2.75 bits per heavy atom. The van der Waals surface area contributed by atoms with Gasteiger partial charge in [-0.15, -0.1) is 0 Å². The number of rotatable bonds is 4. The van der Waals surface area contributed by atoms with E-state index in [0.29, 0.717) is 23.3 Å². The molecule has 1 aromatic carbocycles. The predicted octanol–water partition coefficient (Wildman–Crippen LogP) is 3.00. The highest BCUT2D eigenvalue weighted by Gasteiger charge is 2.53. The molecule has 0 saturated heterocycles. The number of amidine groups is 1. The first-order valence-corrected chi connectivity index (χ1v) is 8.80. The second kappa shape index (κ2) is 6.34. The van der Waals surface area contributed by atoms with Crippen LogP contribution in [0, 0.1) is 16.7 Å². The Hall–Kier alpha value is -2.23. The molecular weight excluding hydrogens is 322 g/mol. The standard InChI is InChI=1S/C18H19N3O2S/c1-18-15(9-13(23)10-16(18)24-8-7-22)14(11-19)17(20)21(18)12-5-3-2-4-6-12/h2-6,9,16,20,22-23H,7-8,10H2,1H3/t16-,18+/m1/s1. The van der Waals surface area contributed by atoms with E-state index in [9.17, 15) is 15.5 Å². The highest BCUT2D eigenvalue weighted by Crippen LogP contribution is 2.49. The Bertz CT molecular complexity index is 766. The van der Waals surface area contributed by atoms with Crippen LogP contribution in [-0.4, -0.2) is 39.2 Å². The second-order valence-electron chi connectivity index (χ2n) is 5.99. The van der Waals surface area contributed by atoms with E-state index in [1.54, 1.807) is 17.8 Å². The third-order valence-corrected chi connectivity index (χ3v) is 6.05. The summed E-state index contributed by atoms with van der Waals surface area (Å²) in [4.78, 5) is 1.87. The SMILES string of the molecule is C[C@@]12C(=C(C#N)C(=N)N1c1ccccc1)C=C(O)C[C@H]2SCCO. The number of hydrogen-bond donors (Lipinski definition) is 3. The molecule has 0 saturated carbocycles. The molecule has 6 heteroatoms. The van der Waals surface area contributed by atoms with E-state index in [0.717, 1.165) is 5.69 Å². The lowest BCUT2D eigenvalue weighted by Crippen LogP contribution is -2.54. The maximum Gasteiger partial charge on any atom is 0.144 e. The molecule has 0 bridgehead atoms. The summed E-state index contributed by atoms with van der Waals surface area (Å²) in [6.07, 6.45) is 2.08. The van der Waals surface area contributed by atoms with Crippen LogP contribution in [0.1, 0.15) is 13.3 Å². The Kier molecular flexibility index (Phi) is 4.39. The summed E-state index contributed by atoms with van der Waals surface area (Å²) >= 11 is 1.56. The highest BCUT2D eigenvalue weighted by atomic mass is 32.2. The van der Waals surface area contributed by atoms with Crippen LogP contribution in [0.4, 0.5) is 5.69 Å². The molecule has 5 nitrogen and oxygen atoms in total. The molecule has 0 amide bonds. The molecule has 2 atom stereocenters. The number of nitrogens with one attached hydrogen (secondary N) is 1. The van der Waals surface area contributed by atoms with E-state index in [2.05, 4.69) is 6.07 Å². The Morgan fingerprint density at radius 2 is 2.12 bits per heavy atom. The molecule has 24 heavy (non-hydrogen) atoms. The molecule has 124 valence electrons. The van der Waals surface area contributed by atoms with Gasteiger partial charge in [-0.05, 0) is 25.1 Å². The number of hydrogen-bond acceptors (Lipinski definition) is 5. The fourth-order valence-electron chi connectivity index (χ4n) is 3.50. The summed E-state index contributed by atoms with van der Waals surface area (Å²) in [6.45, 7) is 2.06. The normalized spacial score (nSPS) is 26.2. The quantitative estimate of drug-likeness (QED) is 0.783. The molecule has 3 N–H and O–H groups in total. The van der Waals surface area contributed by atoms with Crippen molar-refractivity contribution < 1.29 is 10.2 Å². The van der Waals surface area contributed by atoms with Gasteiger partial charge in [0.1, 0.15) is 17.5 Å². The van der Waals surface area contributed by atoms with Gasteiger partial charge < -0.3 is 15.1 Å². The number of anilines is 1. The molecule has 1 aliphatic carbocycles. The minimum atomic E-state index is -0.616. The van der Waals surface area contributed by atoms with Crippen molar-refractivity contribution >= 4 is 23.3 Å². The minimum absolute atomic E-state index is 0.0503. The summed E-state index contributed by atoms with van der Waals surface area (Å²) in [5, 5.41) is 37.4. The van der Waals surface area contributed by atoms with Crippen LogP contribution < -0.4 is 4.90 Å². The van der Waals surface area contributed by atoms with Crippen molar-refractivity contribution in [2.45, 2.75) is 24.1 Å². The fraction of sp³-hybridized carbons (Fsp3) is 0.333. The van der Waals surface area contributed by atoms with Gasteiger partial charge in [-0.1, -0.05) is 18.2 Å². The van der Waals surface area contributed by atoms with Gasteiger partial charge in [0.05, 0.1) is 17.9 Å². The lowest BCUT2D eigenvalue weighted by molar-refractivity contribution is 0.321. The van der Waals surface area contributed by atoms with Gasteiger partial charge >= 0.3 is 0 Å². The van der Waals surface area contributed by atoms with Gasteiger partial charge in [-0.3, -0.25) is 5.41 Å². The highest BCUT2D eigenvalue weighted by molar-refractivity contribution is 8.00. The molecule has 3 rings (SSSR count). The van der Waals surface area contributed by atoms with Crippen molar-refractivity contribution in [3.63, 3.8) is 0 Å². The van der Waals surface area contributed by atoms with Crippen molar-refractivity contribution in [3.05, 3.63) is 53.3 Å². The molecule has 0 fully saturated rings. The number of nitriles is 1. The number of aliphatic hydroxyl groups excluding tert-OH is 2.